The SMILES string of the molecule is CCc1ccc(N([C@H](C)C(=O)Nc2c(C)cccc2C)S(C)(=O)=O)cc1. The lowest BCUT2D eigenvalue weighted by atomic mass is 10.1. The van der Waals surface area contributed by atoms with Gasteiger partial charge >= 0.3 is 0 Å². The van der Waals surface area contributed by atoms with Gasteiger partial charge in [0.1, 0.15) is 6.04 Å². The summed E-state index contributed by atoms with van der Waals surface area (Å²) in [5, 5.41) is 2.88. The molecular formula is C20H26N2O3S. The van der Waals surface area contributed by atoms with E-state index >= 15 is 0 Å². The molecule has 0 radical (unpaired) electrons. The molecule has 0 fully saturated rings. The van der Waals surface area contributed by atoms with Gasteiger partial charge in [0.2, 0.25) is 15.9 Å². The van der Waals surface area contributed by atoms with Crippen LogP contribution in [0, 0.1) is 13.8 Å². The average Bonchev–Trinajstić information content (AvgIpc) is 2.57. The van der Waals surface area contributed by atoms with Crippen LogP contribution in [-0.4, -0.2) is 26.6 Å². The van der Waals surface area contributed by atoms with Crippen molar-refractivity contribution in [2.45, 2.75) is 40.2 Å². The maximum absolute atomic E-state index is 12.8. The summed E-state index contributed by atoms with van der Waals surface area (Å²) in [4.78, 5) is 12.8. The molecule has 0 heterocycles. The zero-order valence-electron chi connectivity index (χ0n) is 15.9. The molecule has 0 aliphatic heterocycles. The number of rotatable bonds is 6. The Morgan fingerprint density at radius 3 is 2.08 bits per heavy atom. The van der Waals surface area contributed by atoms with Crippen molar-refractivity contribution in [2.24, 2.45) is 0 Å². The number of amides is 1. The predicted octanol–water partition coefficient (Wildman–Crippen LogP) is 3.66. The van der Waals surface area contributed by atoms with Gasteiger partial charge in [0, 0.05) is 5.69 Å². The van der Waals surface area contributed by atoms with Gasteiger partial charge in [0.15, 0.2) is 0 Å². The van der Waals surface area contributed by atoms with Gasteiger partial charge in [-0.25, -0.2) is 8.42 Å². The van der Waals surface area contributed by atoms with E-state index in [9.17, 15) is 13.2 Å². The standard InChI is InChI=1S/C20H26N2O3S/c1-6-17-10-12-18(13-11-17)22(26(5,24)25)16(4)20(23)21-19-14(2)8-7-9-15(19)3/h7-13,16H,6H2,1-5H3,(H,21,23)/t16-/m1/s1. The smallest absolute Gasteiger partial charge is 0.248 e. The van der Waals surface area contributed by atoms with Crippen molar-refractivity contribution in [3.05, 3.63) is 59.2 Å². The summed E-state index contributed by atoms with van der Waals surface area (Å²) in [5.74, 6) is -0.368. The molecule has 0 spiro atoms. The second-order valence-electron chi connectivity index (χ2n) is 6.51. The highest BCUT2D eigenvalue weighted by molar-refractivity contribution is 7.92. The van der Waals surface area contributed by atoms with Crippen molar-refractivity contribution >= 4 is 27.3 Å². The molecule has 0 aromatic heterocycles. The van der Waals surface area contributed by atoms with Gasteiger partial charge in [0.25, 0.3) is 0 Å². The summed E-state index contributed by atoms with van der Waals surface area (Å²) in [6, 6.07) is 12.1. The number of hydrogen-bond donors (Lipinski definition) is 1. The normalized spacial score (nSPS) is 12.5. The largest absolute Gasteiger partial charge is 0.324 e. The number of nitrogens with one attached hydrogen (secondary N) is 1. The second-order valence-corrected chi connectivity index (χ2v) is 8.37. The molecule has 0 aliphatic rings. The zero-order valence-corrected chi connectivity index (χ0v) is 16.7. The minimum atomic E-state index is -3.62. The van der Waals surface area contributed by atoms with Crippen LogP contribution in [0.5, 0.6) is 0 Å². The van der Waals surface area contributed by atoms with Crippen molar-refractivity contribution in [2.75, 3.05) is 15.9 Å². The van der Waals surface area contributed by atoms with E-state index in [-0.39, 0.29) is 5.91 Å². The lowest BCUT2D eigenvalue weighted by molar-refractivity contribution is -0.116. The summed E-state index contributed by atoms with van der Waals surface area (Å²) < 4.78 is 25.9. The third-order valence-electron chi connectivity index (χ3n) is 4.42. The lowest BCUT2D eigenvalue weighted by Crippen LogP contribution is -2.45. The van der Waals surface area contributed by atoms with Crippen molar-refractivity contribution in [3.8, 4) is 0 Å². The Bertz CT molecular complexity index is 870. The number of carbonyl (C=O) groups is 1. The fourth-order valence-corrected chi connectivity index (χ4v) is 4.10. The molecule has 0 unspecified atom stereocenters. The number of carbonyl (C=O) groups excluding carboxylic acids is 1. The van der Waals surface area contributed by atoms with E-state index in [1.54, 1.807) is 19.1 Å². The van der Waals surface area contributed by atoms with Crippen LogP contribution in [0.15, 0.2) is 42.5 Å². The van der Waals surface area contributed by atoms with Gasteiger partial charge in [0.05, 0.1) is 11.9 Å². The Balaban J connectivity index is 2.34. The van der Waals surface area contributed by atoms with E-state index in [0.717, 1.165) is 39.4 Å². The molecule has 26 heavy (non-hydrogen) atoms. The Morgan fingerprint density at radius 1 is 1.08 bits per heavy atom. The molecule has 1 atom stereocenters. The minimum Gasteiger partial charge on any atom is -0.324 e. The number of nitrogens with zero attached hydrogens (tertiary/aromatic N) is 1. The van der Waals surface area contributed by atoms with Crippen LogP contribution in [0.2, 0.25) is 0 Å². The summed E-state index contributed by atoms with van der Waals surface area (Å²) in [7, 11) is -3.62. The number of hydrogen-bond acceptors (Lipinski definition) is 3. The van der Waals surface area contributed by atoms with Crippen molar-refractivity contribution in [1.29, 1.82) is 0 Å². The zero-order chi connectivity index (χ0) is 19.5. The maximum atomic E-state index is 12.8. The molecule has 2 aromatic carbocycles. The molecule has 1 amide bonds. The van der Waals surface area contributed by atoms with Crippen LogP contribution in [0.3, 0.4) is 0 Å². The fraction of sp³-hybridized carbons (Fsp3) is 0.350. The first-order valence-electron chi connectivity index (χ1n) is 8.60. The van der Waals surface area contributed by atoms with E-state index in [1.807, 2.05) is 51.1 Å². The molecule has 140 valence electrons. The second kappa shape index (κ2) is 7.91. The molecule has 2 rings (SSSR count). The van der Waals surface area contributed by atoms with Crippen LogP contribution in [0.4, 0.5) is 11.4 Å². The number of anilines is 2. The highest BCUT2D eigenvalue weighted by Crippen LogP contribution is 2.24. The van der Waals surface area contributed by atoms with Gasteiger partial charge in [-0.15, -0.1) is 0 Å². The Labute approximate surface area is 156 Å². The van der Waals surface area contributed by atoms with Gasteiger partial charge in [-0.1, -0.05) is 37.3 Å². The Hall–Kier alpha value is -2.34. The molecule has 0 aliphatic carbocycles. The molecule has 6 heteroatoms. The Morgan fingerprint density at radius 2 is 1.62 bits per heavy atom. The average molecular weight is 375 g/mol. The van der Waals surface area contributed by atoms with E-state index in [1.165, 1.54) is 0 Å². The third-order valence-corrected chi connectivity index (χ3v) is 5.66. The quantitative estimate of drug-likeness (QED) is 0.839. The van der Waals surface area contributed by atoms with Crippen molar-refractivity contribution < 1.29 is 13.2 Å². The molecule has 0 saturated heterocycles. The first-order chi connectivity index (χ1) is 12.1. The van der Waals surface area contributed by atoms with Crippen LogP contribution in [0.1, 0.15) is 30.5 Å². The fourth-order valence-electron chi connectivity index (χ4n) is 2.93. The highest BCUT2D eigenvalue weighted by atomic mass is 32.2. The molecule has 2 aromatic rings. The van der Waals surface area contributed by atoms with E-state index < -0.39 is 16.1 Å². The van der Waals surface area contributed by atoms with Crippen LogP contribution < -0.4 is 9.62 Å². The number of benzene rings is 2. The van der Waals surface area contributed by atoms with E-state index in [0.29, 0.717) is 5.69 Å². The third kappa shape index (κ3) is 4.43. The van der Waals surface area contributed by atoms with Crippen molar-refractivity contribution in [3.63, 3.8) is 0 Å². The molecule has 0 saturated carbocycles. The van der Waals surface area contributed by atoms with Gasteiger partial charge < -0.3 is 5.32 Å². The topological polar surface area (TPSA) is 66.5 Å². The number of sulfonamides is 1. The number of para-hydroxylation sites is 1. The first kappa shape index (κ1) is 20.0. The monoisotopic (exact) mass is 374 g/mol. The lowest BCUT2D eigenvalue weighted by Gasteiger charge is -2.28. The van der Waals surface area contributed by atoms with Crippen LogP contribution in [-0.2, 0) is 21.2 Å². The first-order valence-corrected chi connectivity index (χ1v) is 10.5. The van der Waals surface area contributed by atoms with Crippen LogP contribution in [0.25, 0.3) is 0 Å². The van der Waals surface area contributed by atoms with E-state index in [2.05, 4.69) is 5.32 Å². The number of aryl methyl sites for hydroxylation is 3. The minimum absolute atomic E-state index is 0.368. The highest BCUT2D eigenvalue weighted by Gasteiger charge is 2.29. The summed E-state index contributed by atoms with van der Waals surface area (Å²) in [5.41, 5.74) is 4.18. The molecule has 0 bridgehead atoms. The summed E-state index contributed by atoms with van der Waals surface area (Å²) >= 11 is 0. The Kier molecular flexibility index (Phi) is 6.08. The van der Waals surface area contributed by atoms with Gasteiger partial charge in [-0.05, 0) is 56.0 Å². The summed E-state index contributed by atoms with van der Waals surface area (Å²) in [6.45, 7) is 7.44. The molecule has 5 nitrogen and oxygen atoms in total. The molecule has 1 N–H and O–H groups in total. The summed E-state index contributed by atoms with van der Waals surface area (Å²) in [6.07, 6.45) is 1.98. The molecular weight excluding hydrogens is 348 g/mol. The van der Waals surface area contributed by atoms with Gasteiger partial charge in [-0.3, -0.25) is 9.10 Å². The predicted molar refractivity (Wildman–Crippen MR) is 107 cm³/mol. The van der Waals surface area contributed by atoms with Crippen LogP contribution >= 0.6 is 0 Å². The van der Waals surface area contributed by atoms with Crippen molar-refractivity contribution in [1.82, 2.24) is 0 Å². The maximum Gasteiger partial charge on any atom is 0.248 e. The van der Waals surface area contributed by atoms with Gasteiger partial charge in [-0.2, -0.15) is 0 Å². The van der Waals surface area contributed by atoms with E-state index in [4.69, 9.17) is 0 Å².